The summed E-state index contributed by atoms with van der Waals surface area (Å²) >= 11 is 6.10. The number of hydrazine groups is 1. The zero-order valence-corrected chi connectivity index (χ0v) is 17.2. The van der Waals surface area contributed by atoms with E-state index in [1.165, 1.54) is 12.2 Å². The Labute approximate surface area is 178 Å². The summed E-state index contributed by atoms with van der Waals surface area (Å²) in [6, 6.07) is 10.2. The van der Waals surface area contributed by atoms with Crippen LogP contribution in [0.5, 0.6) is 23.0 Å². The van der Waals surface area contributed by atoms with Gasteiger partial charge in [0.2, 0.25) is 6.79 Å². The van der Waals surface area contributed by atoms with E-state index in [1.54, 1.807) is 43.3 Å². The molecule has 158 valence electrons. The second kappa shape index (κ2) is 9.89. The SMILES string of the molecule is CCOc1ccc(OC(C)C(=O)NNC(=O)/C=C/c2cc(Cl)c3c(c2)OCO3)cc1. The van der Waals surface area contributed by atoms with Crippen molar-refractivity contribution in [1.82, 2.24) is 10.9 Å². The van der Waals surface area contributed by atoms with E-state index in [1.807, 2.05) is 6.92 Å². The normalized spacial score (nSPS) is 13.0. The van der Waals surface area contributed by atoms with Crippen molar-refractivity contribution in [3.05, 3.63) is 53.1 Å². The molecule has 30 heavy (non-hydrogen) atoms. The smallest absolute Gasteiger partial charge is 0.279 e. The molecule has 2 aromatic rings. The predicted octanol–water partition coefficient (Wildman–Crippen LogP) is 3.10. The first-order chi connectivity index (χ1) is 14.5. The van der Waals surface area contributed by atoms with E-state index in [0.717, 1.165) is 0 Å². The van der Waals surface area contributed by atoms with Crippen LogP contribution in [0.2, 0.25) is 5.02 Å². The van der Waals surface area contributed by atoms with Crippen LogP contribution in [0.25, 0.3) is 6.08 Å². The van der Waals surface area contributed by atoms with Gasteiger partial charge in [-0.25, -0.2) is 0 Å². The van der Waals surface area contributed by atoms with Crippen LogP contribution in [0.3, 0.4) is 0 Å². The molecule has 3 rings (SSSR count). The van der Waals surface area contributed by atoms with Gasteiger partial charge in [0.1, 0.15) is 11.5 Å². The van der Waals surface area contributed by atoms with Gasteiger partial charge >= 0.3 is 0 Å². The molecular weight excluding hydrogens is 412 g/mol. The first-order valence-electron chi connectivity index (χ1n) is 9.23. The van der Waals surface area contributed by atoms with Gasteiger partial charge in [0.25, 0.3) is 11.8 Å². The van der Waals surface area contributed by atoms with Crippen molar-refractivity contribution in [2.45, 2.75) is 20.0 Å². The Morgan fingerprint density at radius 3 is 2.63 bits per heavy atom. The summed E-state index contributed by atoms with van der Waals surface area (Å²) in [5.41, 5.74) is 5.26. The molecule has 0 aliphatic carbocycles. The molecule has 0 aromatic heterocycles. The second-order valence-corrected chi connectivity index (χ2v) is 6.62. The van der Waals surface area contributed by atoms with Crippen molar-refractivity contribution in [2.75, 3.05) is 13.4 Å². The van der Waals surface area contributed by atoms with E-state index in [2.05, 4.69) is 10.9 Å². The van der Waals surface area contributed by atoms with Crippen LogP contribution in [0.15, 0.2) is 42.5 Å². The van der Waals surface area contributed by atoms with E-state index in [0.29, 0.717) is 40.2 Å². The van der Waals surface area contributed by atoms with Crippen LogP contribution in [0, 0.1) is 0 Å². The van der Waals surface area contributed by atoms with Crippen molar-refractivity contribution < 1.29 is 28.5 Å². The van der Waals surface area contributed by atoms with Crippen molar-refractivity contribution in [3.8, 4) is 23.0 Å². The van der Waals surface area contributed by atoms with Crippen LogP contribution in [-0.4, -0.2) is 31.3 Å². The fraction of sp³-hybridized carbons (Fsp3) is 0.238. The van der Waals surface area contributed by atoms with Gasteiger partial charge in [0.15, 0.2) is 17.6 Å². The zero-order valence-electron chi connectivity index (χ0n) is 16.4. The summed E-state index contributed by atoms with van der Waals surface area (Å²) in [5, 5.41) is 0.388. The molecule has 9 heteroatoms. The summed E-state index contributed by atoms with van der Waals surface area (Å²) in [7, 11) is 0. The fourth-order valence-corrected chi connectivity index (χ4v) is 2.83. The van der Waals surface area contributed by atoms with E-state index in [9.17, 15) is 9.59 Å². The lowest BCUT2D eigenvalue weighted by molar-refractivity contribution is -0.131. The van der Waals surface area contributed by atoms with E-state index >= 15 is 0 Å². The van der Waals surface area contributed by atoms with Crippen molar-refractivity contribution >= 4 is 29.5 Å². The number of carbonyl (C=O) groups is 2. The second-order valence-electron chi connectivity index (χ2n) is 6.21. The third-order valence-corrected chi connectivity index (χ3v) is 4.28. The Balaban J connectivity index is 1.47. The van der Waals surface area contributed by atoms with E-state index in [-0.39, 0.29) is 6.79 Å². The average molecular weight is 433 g/mol. The molecule has 2 aromatic carbocycles. The van der Waals surface area contributed by atoms with Crippen molar-refractivity contribution in [3.63, 3.8) is 0 Å². The Morgan fingerprint density at radius 1 is 1.17 bits per heavy atom. The molecule has 0 saturated heterocycles. The molecule has 0 radical (unpaired) electrons. The molecule has 1 atom stereocenters. The quantitative estimate of drug-likeness (QED) is 0.515. The van der Waals surface area contributed by atoms with Crippen LogP contribution in [-0.2, 0) is 9.59 Å². The van der Waals surface area contributed by atoms with Gasteiger partial charge in [-0.05, 0) is 61.9 Å². The minimum absolute atomic E-state index is 0.103. The van der Waals surface area contributed by atoms with Crippen molar-refractivity contribution in [2.24, 2.45) is 0 Å². The van der Waals surface area contributed by atoms with Gasteiger partial charge in [-0.3, -0.25) is 20.4 Å². The highest BCUT2D eigenvalue weighted by molar-refractivity contribution is 6.32. The standard InChI is InChI=1S/C21H21ClN2O6/c1-3-27-15-5-7-16(8-6-15)30-13(2)21(26)24-23-19(25)9-4-14-10-17(22)20-18(11-14)28-12-29-20/h4-11,13H,3,12H2,1-2H3,(H,23,25)(H,24,26)/b9-4+. The number of ether oxygens (including phenoxy) is 4. The molecule has 1 heterocycles. The van der Waals surface area contributed by atoms with Crippen LogP contribution in [0.1, 0.15) is 19.4 Å². The van der Waals surface area contributed by atoms with Crippen molar-refractivity contribution in [1.29, 1.82) is 0 Å². The number of carbonyl (C=O) groups excluding carboxylic acids is 2. The maximum absolute atomic E-state index is 12.1. The summed E-state index contributed by atoms with van der Waals surface area (Å²) in [6.07, 6.45) is 1.97. The molecule has 1 aliphatic rings. The molecule has 2 amide bonds. The molecule has 1 unspecified atom stereocenters. The molecule has 0 fully saturated rings. The first-order valence-corrected chi connectivity index (χ1v) is 9.60. The Morgan fingerprint density at radius 2 is 1.90 bits per heavy atom. The summed E-state index contributed by atoms with van der Waals surface area (Å²) in [6.45, 7) is 4.13. The third-order valence-electron chi connectivity index (χ3n) is 4.00. The molecule has 1 aliphatic heterocycles. The van der Waals surface area contributed by atoms with Gasteiger partial charge in [0, 0.05) is 6.08 Å². The van der Waals surface area contributed by atoms with Gasteiger partial charge in [0.05, 0.1) is 11.6 Å². The van der Waals surface area contributed by atoms with Gasteiger partial charge in [-0.1, -0.05) is 11.6 Å². The highest BCUT2D eigenvalue weighted by Gasteiger charge is 2.18. The number of rotatable bonds is 7. The van der Waals surface area contributed by atoms with Gasteiger partial charge in [-0.15, -0.1) is 0 Å². The third kappa shape index (κ3) is 5.57. The highest BCUT2D eigenvalue weighted by atomic mass is 35.5. The number of amides is 2. The van der Waals surface area contributed by atoms with E-state index in [4.69, 9.17) is 30.5 Å². The maximum atomic E-state index is 12.1. The lowest BCUT2D eigenvalue weighted by Crippen LogP contribution is -2.46. The van der Waals surface area contributed by atoms with Gasteiger partial charge in [-0.2, -0.15) is 0 Å². The predicted molar refractivity (Wildman–Crippen MR) is 111 cm³/mol. The summed E-state index contributed by atoms with van der Waals surface area (Å²) in [4.78, 5) is 24.1. The van der Waals surface area contributed by atoms with Crippen LogP contribution < -0.4 is 29.8 Å². The average Bonchev–Trinajstić information content (AvgIpc) is 3.21. The Hall–Kier alpha value is -3.39. The number of hydrogen-bond acceptors (Lipinski definition) is 6. The highest BCUT2D eigenvalue weighted by Crippen LogP contribution is 2.40. The molecule has 0 bridgehead atoms. The topological polar surface area (TPSA) is 95.1 Å². The zero-order chi connectivity index (χ0) is 21.5. The van der Waals surface area contributed by atoms with E-state index < -0.39 is 17.9 Å². The lowest BCUT2D eigenvalue weighted by Gasteiger charge is -2.15. The molecule has 0 saturated carbocycles. The van der Waals surface area contributed by atoms with Crippen LogP contribution >= 0.6 is 11.6 Å². The fourth-order valence-electron chi connectivity index (χ4n) is 2.56. The van der Waals surface area contributed by atoms with Crippen LogP contribution in [0.4, 0.5) is 0 Å². The molecule has 2 N–H and O–H groups in total. The number of hydrogen-bond donors (Lipinski definition) is 2. The monoisotopic (exact) mass is 432 g/mol. The van der Waals surface area contributed by atoms with Gasteiger partial charge < -0.3 is 18.9 Å². The Kier molecular flexibility index (Phi) is 7.03. The minimum Gasteiger partial charge on any atom is -0.494 e. The number of nitrogens with one attached hydrogen (secondary N) is 2. The molecule has 8 nitrogen and oxygen atoms in total. The minimum atomic E-state index is -0.820. The number of fused-ring (bicyclic) bond motifs is 1. The number of benzene rings is 2. The lowest BCUT2D eigenvalue weighted by atomic mass is 10.2. The summed E-state index contributed by atoms with van der Waals surface area (Å²) < 4.78 is 21.4. The first kappa shape index (κ1) is 21.3. The molecule has 0 spiro atoms. The largest absolute Gasteiger partial charge is 0.494 e. The molecular formula is C21H21ClN2O6. The Bertz CT molecular complexity index is 945. The maximum Gasteiger partial charge on any atom is 0.279 e. The number of halogens is 1. The summed E-state index contributed by atoms with van der Waals surface area (Å²) in [5.74, 6) is 1.18.